The highest BCUT2D eigenvalue weighted by Crippen LogP contribution is 2.24. The van der Waals surface area contributed by atoms with Crippen molar-refractivity contribution in [1.82, 2.24) is 4.98 Å². The van der Waals surface area contributed by atoms with Crippen LogP contribution in [0.3, 0.4) is 0 Å². The minimum atomic E-state index is -1.16. The van der Waals surface area contributed by atoms with Crippen LogP contribution >= 0.6 is 11.6 Å². The van der Waals surface area contributed by atoms with Crippen LogP contribution in [0.15, 0.2) is 36.4 Å². The first kappa shape index (κ1) is 12.3. The molecular weight excluding hydrogens is 261 g/mol. The van der Waals surface area contributed by atoms with Crippen LogP contribution in [0, 0.1) is 5.82 Å². The Morgan fingerprint density at radius 1 is 1.33 bits per heavy atom. The van der Waals surface area contributed by atoms with Crippen molar-refractivity contribution in [2.75, 3.05) is 0 Å². The molecule has 1 heterocycles. The highest BCUT2D eigenvalue weighted by Gasteiger charge is 2.07. The number of benzene rings is 1. The van der Waals surface area contributed by atoms with E-state index < -0.39 is 11.8 Å². The summed E-state index contributed by atoms with van der Waals surface area (Å²) in [6.45, 7) is 0. The number of nitrogens with zero attached hydrogens (tertiary/aromatic N) is 1. The van der Waals surface area contributed by atoms with Crippen molar-refractivity contribution >= 4 is 17.6 Å². The molecule has 1 aromatic carbocycles. The van der Waals surface area contributed by atoms with Crippen molar-refractivity contribution in [3.8, 4) is 11.6 Å². The molecule has 6 heteroatoms. The van der Waals surface area contributed by atoms with Crippen LogP contribution in [-0.2, 0) is 0 Å². The first-order valence-corrected chi connectivity index (χ1v) is 5.27. The molecule has 2 rings (SSSR count). The number of aromatic carboxylic acids is 1. The van der Waals surface area contributed by atoms with E-state index in [9.17, 15) is 9.18 Å². The maximum atomic E-state index is 13.2. The molecule has 0 saturated carbocycles. The number of rotatable bonds is 3. The Kier molecular flexibility index (Phi) is 3.43. The zero-order chi connectivity index (χ0) is 13.1. The molecule has 0 unspecified atom stereocenters. The molecular formula is C12H7ClFNO3. The largest absolute Gasteiger partial charge is 0.477 e. The first-order valence-electron chi connectivity index (χ1n) is 4.89. The Labute approximate surface area is 107 Å². The summed E-state index contributed by atoms with van der Waals surface area (Å²) in [6.07, 6.45) is 0. The second-order valence-corrected chi connectivity index (χ2v) is 3.75. The van der Waals surface area contributed by atoms with Gasteiger partial charge in [-0.05, 0) is 18.2 Å². The van der Waals surface area contributed by atoms with Gasteiger partial charge in [0.1, 0.15) is 11.6 Å². The van der Waals surface area contributed by atoms with Crippen LogP contribution in [0.25, 0.3) is 0 Å². The van der Waals surface area contributed by atoms with Gasteiger partial charge in [0, 0.05) is 12.1 Å². The third kappa shape index (κ3) is 2.75. The monoisotopic (exact) mass is 267 g/mol. The van der Waals surface area contributed by atoms with Gasteiger partial charge in [0.15, 0.2) is 5.69 Å². The van der Waals surface area contributed by atoms with Gasteiger partial charge in [-0.25, -0.2) is 14.2 Å². The summed E-state index contributed by atoms with van der Waals surface area (Å²) in [4.78, 5) is 14.5. The summed E-state index contributed by atoms with van der Waals surface area (Å²) in [5.41, 5.74) is -0.151. The highest BCUT2D eigenvalue weighted by atomic mass is 35.5. The standard InChI is InChI=1S/C12H7ClFNO3/c13-8-5-4-7(6-9(8)14)18-11-3-1-2-10(15-11)12(16)17/h1-6H,(H,16,17). The molecule has 4 nitrogen and oxygen atoms in total. The average Bonchev–Trinajstić information content (AvgIpc) is 2.34. The second-order valence-electron chi connectivity index (χ2n) is 3.34. The molecule has 0 bridgehead atoms. The molecule has 0 aliphatic carbocycles. The van der Waals surface area contributed by atoms with Crippen molar-refractivity contribution in [3.05, 3.63) is 52.9 Å². The fraction of sp³-hybridized carbons (Fsp3) is 0. The van der Waals surface area contributed by atoms with Crippen LogP contribution in [0.1, 0.15) is 10.5 Å². The van der Waals surface area contributed by atoms with Gasteiger partial charge in [-0.3, -0.25) is 0 Å². The first-order chi connectivity index (χ1) is 8.56. The van der Waals surface area contributed by atoms with Crippen molar-refractivity contribution in [1.29, 1.82) is 0 Å². The average molecular weight is 268 g/mol. The van der Waals surface area contributed by atoms with Gasteiger partial charge in [0.05, 0.1) is 5.02 Å². The Bertz CT molecular complexity index is 604. The topological polar surface area (TPSA) is 59.4 Å². The third-order valence-electron chi connectivity index (χ3n) is 2.06. The lowest BCUT2D eigenvalue weighted by atomic mass is 10.3. The van der Waals surface area contributed by atoms with E-state index in [1.165, 1.54) is 30.3 Å². The quantitative estimate of drug-likeness (QED) is 0.926. The molecule has 0 spiro atoms. The zero-order valence-electron chi connectivity index (χ0n) is 8.93. The smallest absolute Gasteiger partial charge is 0.354 e. The number of hydrogen-bond acceptors (Lipinski definition) is 3. The summed E-state index contributed by atoms with van der Waals surface area (Å²) in [7, 11) is 0. The van der Waals surface area contributed by atoms with Crippen molar-refractivity contribution in [2.24, 2.45) is 0 Å². The predicted molar refractivity (Wildman–Crippen MR) is 62.7 cm³/mol. The van der Waals surface area contributed by atoms with E-state index in [1.54, 1.807) is 0 Å². The summed E-state index contributed by atoms with van der Waals surface area (Å²) in [6, 6.07) is 8.18. The lowest BCUT2D eigenvalue weighted by Gasteiger charge is -2.05. The van der Waals surface area contributed by atoms with Crippen LogP contribution in [0.4, 0.5) is 4.39 Å². The summed E-state index contributed by atoms with van der Waals surface area (Å²) in [5.74, 6) is -1.53. The minimum Gasteiger partial charge on any atom is -0.477 e. The van der Waals surface area contributed by atoms with E-state index in [0.717, 1.165) is 6.07 Å². The molecule has 1 aromatic heterocycles. The second kappa shape index (κ2) is 5.01. The number of halogens is 2. The molecule has 2 aromatic rings. The molecule has 0 radical (unpaired) electrons. The fourth-order valence-corrected chi connectivity index (χ4v) is 1.37. The zero-order valence-corrected chi connectivity index (χ0v) is 9.69. The number of pyridine rings is 1. The minimum absolute atomic E-state index is 0.0189. The van der Waals surface area contributed by atoms with Gasteiger partial charge in [-0.1, -0.05) is 17.7 Å². The molecule has 92 valence electrons. The normalized spacial score (nSPS) is 10.1. The van der Waals surface area contributed by atoms with Gasteiger partial charge in [-0.2, -0.15) is 0 Å². The van der Waals surface area contributed by atoms with Gasteiger partial charge >= 0.3 is 5.97 Å². The number of carboxylic acids is 1. The van der Waals surface area contributed by atoms with Crippen LogP contribution in [0.5, 0.6) is 11.6 Å². The third-order valence-corrected chi connectivity index (χ3v) is 2.36. The predicted octanol–water partition coefficient (Wildman–Crippen LogP) is 3.36. The van der Waals surface area contributed by atoms with Crippen LogP contribution in [-0.4, -0.2) is 16.1 Å². The molecule has 1 N–H and O–H groups in total. The van der Waals surface area contributed by atoms with E-state index in [4.69, 9.17) is 21.4 Å². The van der Waals surface area contributed by atoms with Gasteiger partial charge in [0.25, 0.3) is 0 Å². The van der Waals surface area contributed by atoms with Gasteiger partial charge in [0.2, 0.25) is 5.88 Å². The lowest BCUT2D eigenvalue weighted by molar-refractivity contribution is 0.0689. The number of aromatic nitrogens is 1. The molecule has 0 fully saturated rings. The Balaban J connectivity index is 2.25. The Hall–Kier alpha value is -2.14. The number of ether oxygens (including phenoxy) is 1. The molecule has 0 atom stereocenters. The number of carboxylic acid groups (broad SMARTS) is 1. The van der Waals surface area contributed by atoms with Crippen molar-refractivity contribution in [3.63, 3.8) is 0 Å². The van der Waals surface area contributed by atoms with E-state index in [1.807, 2.05) is 0 Å². The number of hydrogen-bond donors (Lipinski definition) is 1. The SMILES string of the molecule is O=C(O)c1cccc(Oc2ccc(Cl)c(F)c2)n1. The molecule has 0 amide bonds. The van der Waals surface area contributed by atoms with E-state index in [0.29, 0.717) is 0 Å². The summed E-state index contributed by atoms with van der Waals surface area (Å²) in [5, 5.41) is 8.74. The van der Waals surface area contributed by atoms with Crippen LogP contribution < -0.4 is 4.74 Å². The van der Waals surface area contributed by atoms with E-state index in [-0.39, 0.29) is 22.3 Å². The summed E-state index contributed by atoms with van der Waals surface area (Å²) >= 11 is 5.53. The van der Waals surface area contributed by atoms with Crippen LogP contribution in [0.2, 0.25) is 5.02 Å². The Morgan fingerprint density at radius 2 is 2.11 bits per heavy atom. The molecule has 0 aliphatic rings. The maximum absolute atomic E-state index is 13.2. The van der Waals surface area contributed by atoms with E-state index in [2.05, 4.69) is 4.98 Å². The lowest BCUT2D eigenvalue weighted by Crippen LogP contribution is -2.00. The van der Waals surface area contributed by atoms with Gasteiger partial charge < -0.3 is 9.84 Å². The maximum Gasteiger partial charge on any atom is 0.354 e. The molecule has 0 saturated heterocycles. The number of carbonyl (C=O) groups is 1. The highest BCUT2D eigenvalue weighted by molar-refractivity contribution is 6.30. The van der Waals surface area contributed by atoms with Gasteiger partial charge in [-0.15, -0.1) is 0 Å². The fourth-order valence-electron chi connectivity index (χ4n) is 1.25. The van der Waals surface area contributed by atoms with Crippen molar-refractivity contribution in [2.45, 2.75) is 0 Å². The van der Waals surface area contributed by atoms with Crippen molar-refractivity contribution < 1.29 is 19.0 Å². The van der Waals surface area contributed by atoms with E-state index >= 15 is 0 Å². The molecule has 18 heavy (non-hydrogen) atoms. The molecule has 0 aliphatic heterocycles. The Morgan fingerprint density at radius 3 is 2.78 bits per heavy atom. The summed E-state index contributed by atoms with van der Waals surface area (Å²) < 4.78 is 18.4.